The minimum Gasteiger partial charge on any atom is -0.443 e. The van der Waals surface area contributed by atoms with Gasteiger partial charge in [-0.25, -0.2) is 4.98 Å². The molecule has 0 saturated heterocycles. The monoisotopic (exact) mass is 188 g/mol. The first kappa shape index (κ1) is 8.00. The van der Waals surface area contributed by atoms with Gasteiger partial charge in [0.2, 0.25) is 0 Å². The molecular formula is C11H12N2O. The van der Waals surface area contributed by atoms with Gasteiger partial charge in [-0.15, -0.1) is 0 Å². The fourth-order valence-electron chi connectivity index (χ4n) is 2.06. The standard InChI is InChI=1S/C11H12N2O/c12-9-3-8(4-9)7-1-2-10-11(5-7)14-6-13-10/h1-2,5-6,8-9H,3-4,12H2. The van der Waals surface area contributed by atoms with Crippen molar-refractivity contribution in [1.29, 1.82) is 0 Å². The lowest BCUT2D eigenvalue weighted by atomic mass is 9.76. The van der Waals surface area contributed by atoms with Crippen LogP contribution in [0.5, 0.6) is 0 Å². The number of aromatic nitrogens is 1. The van der Waals surface area contributed by atoms with Gasteiger partial charge in [-0.2, -0.15) is 0 Å². The molecule has 0 aliphatic heterocycles. The van der Waals surface area contributed by atoms with Gasteiger partial charge in [0.25, 0.3) is 0 Å². The summed E-state index contributed by atoms with van der Waals surface area (Å²) in [6.45, 7) is 0. The molecule has 0 bridgehead atoms. The van der Waals surface area contributed by atoms with Crippen LogP contribution in [0.25, 0.3) is 11.1 Å². The molecule has 0 radical (unpaired) electrons. The van der Waals surface area contributed by atoms with Crippen LogP contribution in [-0.2, 0) is 0 Å². The minimum atomic E-state index is 0.394. The van der Waals surface area contributed by atoms with Crippen LogP contribution < -0.4 is 5.73 Å². The van der Waals surface area contributed by atoms with E-state index < -0.39 is 0 Å². The van der Waals surface area contributed by atoms with Crippen molar-refractivity contribution in [3.63, 3.8) is 0 Å². The van der Waals surface area contributed by atoms with Crippen molar-refractivity contribution < 1.29 is 4.42 Å². The molecule has 72 valence electrons. The summed E-state index contributed by atoms with van der Waals surface area (Å²) in [6, 6.07) is 6.61. The fraction of sp³-hybridized carbons (Fsp3) is 0.364. The molecule has 1 aromatic heterocycles. The first-order valence-corrected chi connectivity index (χ1v) is 4.91. The molecule has 1 fully saturated rings. The molecule has 3 heteroatoms. The molecule has 0 unspecified atom stereocenters. The van der Waals surface area contributed by atoms with Crippen LogP contribution >= 0.6 is 0 Å². The zero-order chi connectivity index (χ0) is 9.54. The van der Waals surface area contributed by atoms with Gasteiger partial charge in [-0.05, 0) is 36.5 Å². The van der Waals surface area contributed by atoms with Crippen molar-refractivity contribution in [3.05, 3.63) is 30.2 Å². The molecule has 0 amide bonds. The Morgan fingerprint density at radius 2 is 2.21 bits per heavy atom. The lowest BCUT2D eigenvalue weighted by Gasteiger charge is -2.32. The van der Waals surface area contributed by atoms with Crippen LogP contribution in [0.1, 0.15) is 24.3 Å². The zero-order valence-corrected chi connectivity index (χ0v) is 7.81. The number of nitrogens with two attached hydrogens (primary N) is 1. The number of nitrogens with zero attached hydrogens (tertiary/aromatic N) is 1. The van der Waals surface area contributed by atoms with Gasteiger partial charge < -0.3 is 10.2 Å². The smallest absolute Gasteiger partial charge is 0.181 e. The molecule has 1 saturated carbocycles. The molecule has 1 aromatic carbocycles. The molecule has 3 rings (SSSR count). The minimum absolute atomic E-state index is 0.394. The largest absolute Gasteiger partial charge is 0.443 e. The van der Waals surface area contributed by atoms with Gasteiger partial charge >= 0.3 is 0 Å². The number of oxazole rings is 1. The second-order valence-electron chi connectivity index (χ2n) is 4.01. The van der Waals surface area contributed by atoms with Gasteiger partial charge in [-0.1, -0.05) is 6.07 Å². The SMILES string of the molecule is NC1CC(c2ccc3ncoc3c2)C1. The van der Waals surface area contributed by atoms with Crippen molar-refractivity contribution in [2.24, 2.45) is 5.73 Å². The van der Waals surface area contributed by atoms with Crippen LogP contribution in [0.4, 0.5) is 0 Å². The van der Waals surface area contributed by atoms with Gasteiger partial charge in [-0.3, -0.25) is 0 Å². The first-order valence-electron chi connectivity index (χ1n) is 4.91. The number of hydrogen-bond donors (Lipinski definition) is 1. The van der Waals surface area contributed by atoms with Crippen molar-refractivity contribution in [3.8, 4) is 0 Å². The van der Waals surface area contributed by atoms with E-state index in [1.165, 1.54) is 12.0 Å². The summed E-state index contributed by atoms with van der Waals surface area (Å²) in [7, 11) is 0. The normalized spacial score (nSPS) is 26.4. The Kier molecular flexibility index (Phi) is 1.61. The van der Waals surface area contributed by atoms with E-state index in [1.54, 1.807) is 0 Å². The van der Waals surface area contributed by atoms with Crippen LogP contribution in [0.15, 0.2) is 29.0 Å². The molecule has 1 heterocycles. The average Bonchev–Trinajstić information content (AvgIpc) is 2.59. The summed E-state index contributed by atoms with van der Waals surface area (Å²) in [6.07, 6.45) is 3.68. The molecule has 3 nitrogen and oxygen atoms in total. The summed E-state index contributed by atoms with van der Waals surface area (Å²) in [5, 5.41) is 0. The molecule has 14 heavy (non-hydrogen) atoms. The van der Waals surface area contributed by atoms with Crippen molar-refractivity contribution in [2.45, 2.75) is 24.8 Å². The number of rotatable bonds is 1. The highest BCUT2D eigenvalue weighted by Crippen LogP contribution is 2.36. The van der Waals surface area contributed by atoms with Crippen LogP contribution in [0.2, 0.25) is 0 Å². The van der Waals surface area contributed by atoms with E-state index in [0.717, 1.165) is 23.9 Å². The Hall–Kier alpha value is -1.35. The molecule has 1 aliphatic carbocycles. The van der Waals surface area contributed by atoms with E-state index in [2.05, 4.69) is 17.1 Å². The molecule has 0 atom stereocenters. The second kappa shape index (κ2) is 2.82. The van der Waals surface area contributed by atoms with Crippen LogP contribution in [0, 0.1) is 0 Å². The summed E-state index contributed by atoms with van der Waals surface area (Å²) in [5.41, 5.74) is 8.90. The molecule has 1 aliphatic rings. The van der Waals surface area contributed by atoms with Crippen LogP contribution in [-0.4, -0.2) is 11.0 Å². The lowest BCUT2D eigenvalue weighted by molar-refractivity contribution is 0.351. The maximum Gasteiger partial charge on any atom is 0.181 e. The second-order valence-corrected chi connectivity index (χ2v) is 4.01. The predicted molar refractivity (Wildman–Crippen MR) is 54.0 cm³/mol. The maximum atomic E-state index is 5.76. The van der Waals surface area contributed by atoms with E-state index in [1.807, 2.05) is 6.07 Å². The molecule has 2 aromatic rings. The topological polar surface area (TPSA) is 52.0 Å². The van der Waals surface area contributed by atoms with E-state index in [9.17, 15) is 0 Å². The average molecular weight is 188 g/mol. The Morgan fingerprint density at radius 1 is 1.36 bits per heavy atom. The number of hydrogen-bond acceptors (Lipinski definition) is 3. The van der Waals surface area contributed by atoms with Gasteiger partial charge in [0.1, 0.15) is 5.52 Å². The first-order chi connectivity index (χ1) is 6.83. The van der Waals surface area contributed by atoms with E-state index in [-0.39, 0.29) is 0 Å². The summed E-state index contributed by atoms with van der Waals surface area (Å²) >= 11 is 0. The molecule has 0 spiro atoms. The van der Waals surface area contributed by atoms with Gasteiger partial charge in [0.05, 0.1) is 0 Å². The van der Waals surface area contributed by atoms with Gasteiger partial charge in [0.15, 0.2) is 12.0 Å². The van der Waals surface area contributed by atoms with Crippen molar-refractivity contribution in [2.75, 3.05) is 0 Å². The van der Waals surface area contributed by atoms with Crippen molar-refractivity contribution >= 4 is 11.1 Å². The fourth-order valence-corrected chi connectivity index (χ4v) is 2.06. The summed E-state index contributed by atoms with van der Waals surface area (Å²) in [4.78, 5) is 4.09. The maximum absolute atomic E-state index is 5.76. The number of benzene rings is 1. The Balaban J connectivity index is 1.97. The third-order valence-corrected chi connectivity index (χ3v) is 3.00. The summed E-state index contributed by atoms with van der Waals surface area (Å²) < 4.78 is 5.26. The van der Waals surface area contributed by atoms with Crippen molar-refractivity contribution in [1.82, 2.24) is 4.98 Å². The predicted octanol–water partition coefficient (Wildman–Crippen LogP) is 2.03. The Bertz CT molecular complexity index is 457. The lowest BCUT2D eigenvalue weighted by Crippen LogP contribution is -2.34. The summed E-state index contributed by atoms with van der Waals surface area (Å²) in [5.74, 6) is 0.625. The third kappa shape index (κ3) is 1.13. The Morgan fingerprint density at radius 3 is 3.00 bits per heavy atom. The quantitative estimate of drug-likeness (QED) is 0.745. The Labute approximate surface area is 81.9 Å². The van der Waals surface area contributed by atoms with E-state index >= 15 is 0 Å². The molecular weight excluding hydrogens is 176 g/mol. The molecule has 2 N–H and O–H groups in total. The highest BCUT2D eigenvalue weighted by molar-refractivity contribution is 5.73. The van der Waals surface area contributed by atoms with E-state index in [0.29, 0.717) is 12.0 Å². The highest BCUT2D eigenvalue weighted by atomic mass is 16.3. The van der Waals surface area contributed by atoms with Gasteiger partial charge in [0, 0.05) is 6.04 Å². The number of fused-ring (bicyclic) bond motifs is 1. The third-order valence-electron chi connectivity index (χ3n) is 3.00. The van der Waals surface area contributed by atoms with E-state index in [4.69, 9.17) is 10.2 Å². The van der Waals surface area contributed by atoms with Crippen LogP contribution in [0.3, 0.4) is 0 Å². The zero-order valence-electron chi connectivity index (χ0n) is 7.81. The highest BCUT2D eigenvalue weighted by Gasteiger charge is 2.27.